The number of nitrogens with zero attached hydrogens (tertiary/aromatic N) is 1. The maximum absolute atomic E-state index is 14.2. The van der Waals surface area contributed by atoms with Crippen LogP contribution in [0.1, 0.15) is 96.0 Å². The van der Waals surface area contributed by atoms with E-state index in [2.05, 4.69) is 16.6 Å². The van der Waals surface area contributed by atoms with E-state index < -0.39 is 74.3 Å². The molecule has 4 aliphatic rings. The SMILES string of the molecule is C=C[C@@H]1C[C@]1(CC(=O)[C@@H]1C[C@@H]2CN1C(=O)[C@H](CCCC)CC(=O)OCCCCCCc1cccc(c1)NC(=O)O2)C(=O)NS(=O)(=O)C1CC1. The summed E-state index contributed by atoms with van der Waals surface area (Å²) in [5, 5.41) is 2.15. The standard InChI is InChI=1S/C36H49N3O9S/c1-3-5-13-25-19-32(41)47-17-9-7-6-8-11-24-12-10-14-27(18-24)37-35(44)48-28-20-30(39(23-28)33(25)42)31(40)22-36(21-26(36)4-2)34(43)38-49(45,46)29-15-16-29/h4,10,12,14,18,25-26,28-30H,2-3,5-9,11,13,15-17,19-23H2,1H3,(H,37,44)(H,38,43)/t25-,26-,28-,30+,36-/m1/s1. The molecule has 49 heavy (non-hydrogen) atoms. The topological polar surface area (TPSA) is 165 Å². The minimum absolute atomic E-state index is 0.000194. The van der Waals surface area contributed by atoms with Crippen LogP contribution < -0.4 is 10.0 Å². The molecule has 0 radical (unpaired) electrons. The number of Topliss-reactive ketones (excluding diaryl/α,β-unsaturated/α-hetero) is 1. The van der Waals surface area contributed by atoms with Gasteiger partial charge in [0.25, 0.3) is 0 Å². The van der Waals surface area contributed by atoms with Crippen LogP contribution in [0.2, 0.25) is 0 Å². The first-order chi connectivity index (χ1) is 23.5. The largest absolute Gasteiger partial charge is 0.466 e. The van der Waals surface area contributed by atoms with E-state index in [1.807, 2.05) is 25.1 Å². The molecule has 268 valence electrons. The lowest BCUT2D eigenvalue weighted by molar-refractivity contribution is -0.150. The third-order valence-electron chi connectivity index (χ3n) is 10.2. The molecule has 0 aromatic heterocycles. The van der Waals surface area contributed by atoms with Crippen LogP contribution in [0, 0.1) is 17.3 Å². The minimum atomic E-state index is -3.85. The lowest BCUT2D eigenvalue weighted by Gasteiger charge is -2.28. The van der Waals surface area contributed by atoms with Gasteiger partial charge in [0.2, 0.25) is 21.8 Å². The van der Waals surface area contributed by atoms with Gasteiger partial charge in [-0.05, 0) is 68.6 Å². The molecule has 1 aromatic carbocycles. The van der Waals surface area contributed by atoms with Crippen molar-refractivity contribution in [2.75, 3.05) is 18.5 Å². The number of amides is 3. The third kappa shape index (κ3) is 9.29. The zero-order valence-corrected chi connectivity index (χ0v) is 29.1. The molecule has 5 atom stereocenters. The summed E-state index contributed by atoms with van der Waals surface area (Å²) >= 11 is 0. The number of hydrogen-bond donors (Lipinski definition) is 2. The Morgan fingerprint density at radius 1 is 1.14 bits per heavy atom. The molecule has 0 spiro atoms. The number of benzene rings is 1. The Hall–Kier alpha value is -3.74. The number of anilines is 1. The minimum Gasteiger partial charge on any atom is -0.466 e. The van der Waals surface area contributed by atoms with Gasteiger partial charge in [0, 0.05) is 24.4 Å². The predicted molar refractivity (Wildman–Crippen MR) is 182 cm³/mol. The van der Waals surface area contributed by atoms with E-state index in [1.54, 1.807) is 12.1 Å². The number of unbranched alkanes of at least 4 members (excludes halogenated alkanes) is 1. The molecule has 12 nitrogen and oxygen atoms in total. The molecule has 2 aliphatic heterocycles. The van der Waals surface area contributed by atoms with Crippen molar-refractivity contribution >= 4 is 45.4 Å². The van der Waals surface area contributed by atoms with Crippen LogP contribution in [0.25, 0.3) is 0 Å². The number of fused-ring (bicyclic) bond motifs is 4. The first-order valence-electron chi connectivity index (χ1n) is 17.7. The second-order valence-electron chi connectivity index (χ2n) is 14.0. The summed E-state index contributed by atoms with van der Waals surface area (Å²) in [5.41, 5.74) is 0.326. The summed E-state index contributed by atoms with van der Waals surface area (Å²) in [6.45, 7) is 5.95. The highest BCUT2D eigenvalue weighted by Gasteiger charge is 2.61. The van der Waals surface area contributed by atoms with Crippen molar-refractivity contribution in [1.29, 1.82) is 0 Å². The Morgan fingerprint density at radius 3 is 2.63 bits per heavy atom. The molecule has 2 aliphatic carbocycles. The van der Waals surface area contributed by atoms with Gasteiger partial charge in [0.1, 0.15) is 6.10 Å². The Kier molecular flexibility index (Phi) is 11.8. The average molecular weight is 700 g/mol. The molecule has 1 saturated heterocycles. The molecule has 13 heteroatoms. The van der Waals surface area contributed by atoms with Crippen LogP contribution >= 0.6 is 0 Å². The Labute approximate surface area is 288 Å². The van der Waals surface area contributed by atoms with Crippen molar-refractivity contribution in [2.45, 2.75) is 114 Å². The van der Waals surface area contributed by atoms with E-state index in [-0.39, 0.29) is 38.8 Å². The molecule has 5 rings (SSSR count). The number of carbonyl (C=O) groups excluding carboxylic acids is 5. The summed E-state index contributed by atoms with van der Waals surface area (Å²) in [7, 11) is -3.85. The highest BCUT2D eigenvalue weighted by molar-refractivity contribution is 7.90. The van der Waals surface area contributed by atoms with E-state index in [9.17, 15) is 32.4 Å². The van der Waals surface area contributed by atoms with E-state index in [4.69, 9.17) is 9.47 Å². The molecule has 2 saturated carbocycles. The fourth-order valence-electron chi connectivity index (χ4n) is 7.07. The molecule has 0 unspecified atom stereocenters. The average Bonchev–Trinajstić information content (AvgIpc) is 3.99. The Bertz CT molecular complexity index is 1540. The van der Waals surface area contributed by atoms with E-state index >= 15 is 0 Å². The molecule has 1 aromatic rings. The molecular formula is C36H49N3O9S. The van der Waals surface area contributed by atoms with Crippen molar-refractivity contribution in [3.05, 3.63) is 42.5 Å². The van der Waals surface area contributed by atoms with Crippen LogP contribution in [0.15, 0.2) is 36.9 Å². The fraction of sp³-hybridized carbons (Fsp3) is 0.639. The first-order valence-corrected chi connectivity index (χ1v) is 19.2. The van der Waals surface area contributed by atoms with Crippen molar-refractivity contribution in [2.24, 2.45) is 17.3 Å². The Morgan fingerprint density at radius 2 is 1.92 bits per heavy atom. The summed E-state index contributed by atoms with van der Waals surface area (Å²) in [6, 6.07) is 6.45. The molecule has 4 bridgehead atoms. The zero-order valence-electron chi connectivity index (χ0n) is 28.3. The monoisotopic (exact) mass is 699 g/mol. The normalized spacial score (nSPS) is 28.4. The maximum atomic E-state index is 14.2. The van der Waals surface area contributed by atoms with Gasteiger partial charge in [-0.15, -0.1) is 6.58 Å². The van der Waals surface area contributed by atoms with Gasteiger partial charge in [-0.2, -0.15) is 0 Å². The second kappa shape index (κ2) is 15.9. The maximum Gasteiger partial charge on any atom is 0.411 e. The van der Waals surface area contributed by atoms with Crippen molar-refractivity contribution in [1.82, 2.24) is 9.62 Å². The van der Waals surface area contributed by atoms with Gasteiger partial charge < -0.3 is 14.4 Å². The van der Waals surface area contributed by atoms with E-state index in [0.717, 1.165) is 37.7 Å². The fourth-order valence-corrected chi connectivity index (χ4v) is 8.46. The number of ketones is 1. The highest BCUT2D eigenvalue weighted by Crippen LogP contribution is 2.57. The number of allylic oxidation sites excluding steroid dienone is 1. The van der Waals surface area contributed by atoms with Crippen molar-refractivity contribution in [3.8, 4) is 0 Å². The number of esters is 1. The van der Waals surface area contributed by atoms with Crippen LogP contribution in [0.3, 0.4) is 0 Å². The summed E-state index contributed by atoms with van der Waals surface area (Å²) < 4.78 is 38.7. The molecule has 2 N–H and O–H groups in total. The predicted octanol–water partition coefficient (Wildman–Crippen LogP) is 4.82. The molecule has 3 amide bonds. The van der Waals surface area contributed by atoms with Gasteiger partial charge in [0.15, 0.2) is 5.78 Å². The molecular weight excluding hydrogens is 650 g/mol. The van der Waals surface area contributed by atoms with Crippen molar-refractivity contribution < 1.29 is 41.9 Å². The van der Waals surface area contributed by atoms with Crippen LogP contribution in [-0.4, -0.2) is 73.5 Å². The smallest absolute Gasteiger partial charge is 0.411 e. The third-order valence-corrected chi connectivity index (χ3v) is 12.0. The number of hydrogen-bond acceptors (Lipinski definition) is 9. The highest BCUT2D eigenvalue weighted by atomic mass is 32.2. The lowest BCUT2D eigenvalue weighted by atomic mass is 9.90. The van der Waals surface area contributed by atoms with Crippen molar-refractivity contribution in [3.63, 3.8) is 0 Å². The van der Waals surface area contributed by atoms with E-state index in [1.165, 1.54) is 4.90 Å². The van der Waals surface area contributed by atoms with E-state index in [0.29, 0.717) is 37.8 Å². The number of aryl methyl sites for hydroxylation is 1. The molecule has 2 heterocycles. The summed E-state index contributed by atoms with van der Waals surface area (Å²) in [4.78, 5) is 69.1. The zero-order chi connectivity index (χ0) is 35.2. The van der Waals surface area contributed by atoms with Crippen LogP contribution in [-0.2, 0) is 45.1 Å². The lowest BCUT2D eigenvalue weighted by Crippen LogP contribution is -2.46. The second-order valence-corrected chi connectivity index (χ2v) is 16.0. The van der Waals surface area contributed by atoms with Gasteiger partial charge >= 0.3 is 12.1 Å². The number of cyclic esters (lactones) is 1. The van der Waals surface area contributed by atoms with Crippen LogP contribution in [0.4, 0.5) is 10.5 Å². The summed E-state index contributed by atoms with van der Waals surface area (Å²) in [6.07, 6.45) is 6.94. The van der Waals surface area contributed by atoms with Crippen LogP contribution in [0.5, 0.6) is 0 Å². The van der Waals surface area contributed by atoms with Gasteiger partial charge in [-0.1, -0.05) is 50.8 Å². The number of sulfonamides is 1. The molecule has 3 fully saturated rings. The van der Waals surface area contributed by atoms with Gasteiger partial charge in [-0.25, -0.2) is 13.2 Å². The first kappa shape index (κ1) is 36.5. The van der Waals surface area contributed by atoms with Gasteiger partial charge in [-0.3, -0.25) is 29.2 Å². The number of ether oxygens (including phenoxy) is 2. The number of nitrogens with one attached hydrogen (secondary N) is 2. The quantitative estimate of drug-likeness (QED) is 0.257. The number of rotatable bonds is 10. The van der Waals surface area contributed by atoms with Gasteiger partial charge in [0.05, 0.1) is 36.3 Å². The Balaban J connectivity index is 1.38. The summed E-state index contributed by atoms with van der Waals surface area (Å²) in [5.74, 6) is -3.22. The number of carbonyl (C=O) groups is 5.